The van der Waals surface area contributed by atoms with Crippen LogP contribution >= 0.6 is 0 Å². The van der Waals surface area contributed by atoms with Gasteiger partial charge in [0.15, 0.2) is 6.61 Å². The lowest BCUT2D eigenvalue weighted by Crippen LogP contribution is -2.30. The van der Waals surface area contributed by atoms with Crippen LogP contribution in [0.1, 0.15) is 11.1 Å². The number of rotatable bonds is 8. The first kappa shape index (κ1) is 18.4. The van der Waals surface area contributed by atoms with Crippen LogP contribution in [0, 0.1) is 5.82 Å². The Balaban J connectivity index is 1.71. The van der Waals surface area contributed by atoms with E-state index < -0.39 is 11.9 Å². The highest BCUT2D eigenvalue weighted by molar-refractivity contribution is 5.81. The fraction of sp³-hybridized carbons (Fsp3) is 0.263. The highest BCUT2D eigenvalue weighted by Gasteiger charge is 2.11. The second kappa shape index (κ2) is 9.42. The summed E-state index contributed by atoms with van der Waals surface area (Å²) in [5, 5.41) is 2.59. The fourth-order valence-electron chi connectivity index (χ4n) is 2.29. The molecule has 0 saturated heterocycles. The lowest BCUT2D eigenvalue weighted by Gasteiger charge is -2.09. The first-order valence-corrected chi connectivity index (χ1v) is 7.87. The van der Waals surface area contributed by atoms with Crippen molar-refractivity contribution in [2.45, 2.75) is 12.8 Å². The number of nitrogens with one attached hydrogen (secondary N) is 1. The van der Waals surface area contributed by atoms with Gasteiger partial charge in [-0.1, -0.05) is 36.4 Å². The molecule has 0 bridgehead atoms. The summed E-state index contributed by atoms with van der Waals surface area (Å²) in [6.45, 7) is -0.102. The Bertz CT molecular complexity index is 733. The Morgan fingerprint density at radius 3 is 2.44 bits per heavy atom. The molecule has 2 aromatic carbocycles. The summed E-state index contributed by atoms with van der Waals surface area (Å²) in [5.74, 6) is -0.660. The molecule has 0 spiro atoms. The molecule has 0 radical (unpaired) electrons. The quantitative estimate of drug-likeness (QED) is 0.746. The summed E-state index contributed by atoms with van der Waals surface area (Å²) < 4.78 is 23.6. The zero-order chi connectivity index (χ0) is 18.1. The molecule has 6 heteroatoms. The van der Waals surface area contributed by atoms with Gasteiger partial charge in [-0.25, -0.2) is 4.39 Å². The van der Waals surface area contributed by atoms with Crippen molar-refractivity contribution in [1.82, 2.24) is 5.32 Å². The van der Waals surface area contributed by atoms with Crippen LogP contribution in [0.3, 0.4) is 0 Å². The molecule has 0 aliphatic rings. The maximum Gasteiger partial charge on any atom is 0.310 e. The van der Waals surface area contributed by atoms with Crippen molar-refractivity contribution < 1.29 is 23.5 Å². The minimum absolute atomic E-state index is 0.0204. The van der Waals surface area contributed by atoms with Gasteiger partial charge in [-0.05, 0) is 24.1 Å². The minimum atomic E-state index is -0.520. The number of hydrogen-bond donors (Lipinski definition) is 1. The van der Waals surface area contributed by atoms with Crippen LogP contribution < -0.4 is 10.1 Å². The molecule has 0 fully saturated rings. The zero-order valence-electron chi connectivity index (χ0n) is 14.0. The Kier molecular flexibility index (Phi) is 6.95. The molecule has 132 valence electrons. The van der Waals surface area contributed by atoms with Gasteiger partial charge in [0, 0.05) is 12.1 Å². The average molecular weight is 345 g/mol. The van der Waals surface area contributed by atoms with E-state index in [4.69, 9.17) is 9.47 Å². The third kappa shape index (κ3) is 5.91. The summed E-state index contributed by atoms with van der Waals surface area (Å²) in [7, 11) is 1.52. The van der Waals surface area contributed by atoms with E-state index in [1.165, 1.54) is 13.2 Å². The van der Waals surface area contributed by atoms with Gasteiger partial charge in [-0.3, -0.25) is 9.59 Å². The predicted molar refractivity (Wildman–Crippen MR) is 90.8 cm³/mol. The van der Waals surface area contributed by atoms with Crippen molar-refractivity contribution in [1.29, 1.82) is 0 Å². The van der Waals surface area contributed by atoms with E-state index >= 15 is 0 Å². The Morgan fingerprint density at radius 2 is 1.72 bits per heavy atom. The second-order valence-electron chi connectivity index (χ2n) is 5.34. The molecule has 0 heterocycles. The number of hydrogen-bond acceptors (Lipinski definition) is 4. The van der Waals surface area contributed by atoms with Crippen LogP contribution in [-0.4, -0.2) is 32.1 Å². The van der Waals surface area contributed by atoms with Gasteiger partial charge in [-0.15, -0.1) is 0 Å². The molecule has 0 saturated carbocycles. The molecule has 0 aromatic heterocycles. The van der Waals surface area contributed by atoms with E-state index in [1.54, 1.807) is 42.5 Å². The third-order valence-corrected chi connectivity index (χ3v) is 3.57. The molecule has 25 heavy (non-hydrogen) atoms. The highest BCUT2D eigenvalue weighted by atomic mass is 19.1. The van der Waals surface area contributed by atoms with Crippen molar-refractivity contribution in [3.8, 4) is 5.75 Å². The van der Waals surface area contributed by atoms with Crippen LogP contribution in [0.25, 0.3) is 0 Å². The number of esters is 1. The molecular weight excluding hydrogens is 325 g/mol. The first-order valence-electron chi connectivity index (χ1n) is 7.87. The number of carbonyl (C=O) groups excluding carboxylic acids is 2. The van der Waals surface area contributed by atoms with Crippen molar-refractivity contribution in [2.75, 3.05) is 20.3 Å². The lowest BCUT2D eigenvalue weighted by atomic mass is 10.1. The Hall–Kier alpha value is -2.89. The number of benzene rings is 2. The fourth-order valence-corrected chi connectivity index (χ4v) is 2.29. The van der Waals surface area contributed by atoms with Gasteiger partial charge in [0.25, 0.3) is 5.91 Å². The maximum absolute atomic E-state index is 13.4. The number of ether oxygens (including phenoxy) is 2. The van der Waals surface area contributed by atoms with Crippen molar-refractivity contribution in [3.63, 3.8) is 0 Å². The van der Waals surface area contributed by atoms with Crippen LogP contribution in [0.5, 0.6) is 5.75 Å². The SMILES string of the molecule is COc1ccccc1CC(=O)OCC(=O)NCCc1ccccc1F. The number of carbonyl (C=O) groups is 2. The molecule has 1 amide bonds. The van der Waals surface area contributed by atoms with E-state index in [1.807, 2.05) is 0 Å². The lowest BCUT2D eigenvalue weighted by molar-refractivity contribution is -0.147. The summed E-state index contributed by atoms with van der Waals surface area (Å²) in [6, 6.07) is 13.5. The van der Waals surface area contributed by atoms with Gasteiger partial charge in [0.05, 0.1) is 13.5 Å². The molecule has 0 unspecified atom stereocenters. The molecule has 5 nitrogen and oxygen atoms in total. The van der Waals surface area contributed by atoms with Crippen molar-refractivity contribution in [2.24, 2.45) is 0 Å². The number of methoxy groups -OCH3 is 1. The van der Waals surface area contributed by atoms with Crippen molar-refractivity contribution >= 4 is 11.9 Å². The summed E-state index contributed by atoms with van der Waals surface area (Å²) >= 11 is 0. The standard InChI is InChI=1S/C19H20FNO4/c1-24-17-9-5-3-7-15(17)12-19(23)25-13-18(22)21-11-10-14-6-2-4-8-16(14)20/h2-9H,10-13H2,1H3,(H,21,22). The van der Waals surface area contributed by atoms with Gasteiger partial charge >= 0.3 is 5.97 Å². The van der Waals surface area contributed by atoms with E-state index in [-0.39, 0.29) is 25.4 Å². The summed E-state index contributed by atoms with van der Waals surface area (Å²) in [6.07, 6.45) is 0.389. The monoisotopic (exact) mass is 345 g/mol. The summed E-state index contributed by atoms with van der Waals surface area (Å²) in [4.78, 5) is 23.5. The van der Waals surface area contributed by atoms with Crippen LogP contribution in [0.2, 0.25) is 0 Å². The van der Waals surface area contributed by atoms with Crippen LogP contribution in [0.15, 0.2) is 48.5 Å². The van der Waals surface area contributed by atoms with E-state index in [0.717, 1.165) is 0 Å². The molecule has 1 N–H and O–H groups in total. The molecule has 0 atom stereocenters. The smallest absolute Gasteiger partial charge is 0.310 e. The average Bonchev–Trinajstić information content (AvgIpc) is 2.62. The van der Waals surface area contributed by atoms with E-state index in [2.05, 4.69) is 5.32 Å². The number of para-hydroxylation sites is 1. The van der Waals surface area contributed by atoms with Crippen molar-refractivity contribution in [3.05, 3.63) is 65.5 Å². The minimum Gasteiger partial charge on any atom is -0.496 e. The number of halogens is 1. The third-order valence-electron chi connectivity index (χ3n) is 3.57. The maximum atomic E-state index is 13.4. The van der Waals surface area contributed by atoms with Gasteiger partial charge in [0.1, 0.15) is 11.6 Å². The van der Waals surface area contributed by atoms with E-state index in [0.29, 0.717) is 23.3 Å². The molecule has 0 aliphatic heterocycles. The van der Waals surface area contributed by atoms with Crippen LogP contribution in [0.4, 0.5) is 4.39 Å². The van der Waals surface area contributed by atoms with Gasteiger partial charge in [-0.2, -0.15) is 0 Å². The largest absolute Gasteiger partial charge is 0.496 e. The molecular formula is C19H20FNO4. The summed E-state index contributed by atoms with van der Waals surface area (Å²) in [5.41, 5.74) is 1.21. The Morgan fingerprint density at radius 1 is 1.04 bits per heavy atom. The van der Waals surface area contributed by atoms with Gasteiger partial charge < -0.3 is 14.8 Å². The van der Waals surface area contributed by atoms with Crippen LogP contribution in [-0.2, 0) is 27.2 Å². The number of amides is 1. The Labute approximate surface area is 145 Å². The first-order chi connectivity index (χ1) is 12.1. The van der Waals surface area contributed by atoms with Gasteiger partial charge in [0.2, 0.25) is 0 Å². The zero-order valence-corrected chi connectivity index (χ0v) is 14.0. The molecule has 2 aromatic rings. The topological polar surface area (TPSA) is 64.6 Å². The highest BCUT2D eigenvalue weighted by Crippen LogP contribution is 2.17. The second-order valence-corrected chi connectivity index (χ2v) is 5.34. The molecule has 2 rings (SSSR count). The normalized spacial score (nSPS) is 10.2. The molecule has 0 aliphatic carbocycles. The predicted octanol–water partition coefficient (Wildman–Crippen LogP) is 2.28. The van der Waals surface area contributed by atoms with E-state index in [9.17, 15) is 14.0 Å².